The van der Waals surface area contributed by atoms with E-state index in [0.717, 1.165) is 91.9 Å². The number of nitrogens with zero attached hydrogens (tertiary/aromatic N) is 3. The molecule has 2 heterocycles. The lowest BCUT2D eigenvalue weighted by Crippen LogP contribution is -2.57. The standard InChI is InChI=1S/C26H28ClN3O.C24H25ClN2/c1-28-26(31)30-16-15-29(19-23(30)17-20-7-3-2-4-8-20)18-21-11-13-22(14-12-21)24-9-5-6-10-25(24)27;25-24-9-5-4-8-23(24)21-12-10-20(11-13-21)17-27-15-14-26-22(18-27)16-19-6-2-1-3-7-19/h2-14,23H,15-19H2,1H3,(H,28,31);1-13,22,26H,14-18H2/t23-;22-/m11/s1. The lowest BCUT2D eigenvalue weighted by molar-refractivity contribution is 0.0906. The maximum absolute atomic E-state index is 12.4. The molecule has 0 aliphatic carbocycles. The third-order valence-electron chi connectivity index (χ3n) is 11.1. The highest BCUT2D eigenvalue weighted by molar-refractivity contribution is 6.33. The van der Waals surface area contributed by atoms with Gasteiger partial charge in [0.25, 0.3) is 0 Å². The highest BCUT2D eigenvalue weighted by Gasteiger charge is 2.30. The molecule has 6 nitrogen and oxygen atoms in total. The molecule has 6 aromatic carbocycles. The molecule has 58 heavy (non-hydrogen) atoms. The quantitative estimate of drug-likeness (QED) is 0.145. The first-order chi connectivity index (χ1) is 28.4. The van der Waals surface area contributed by atoms with Gasteiger partial charge < -0.3 is 15.5 Å². The van der Waals surface area contributed by atoms with E-state index in [1.54, 1.807) is 7.05 Å². The van der Waals surface area contributed by atoms with Crippen LogP contribution in [-0.2, 0) is 25.9 Å². The van der Waals surface area contributed by atoms with E-state index in [-0.39, 0.29) is 12.1 Å². The molecule has 0 bridgehead atoms. The summed E-state index contributed by atoms with van der Waals surface area (Å²) >= 11 is 12.7. The molecule has 298 valence electrons. The van der Waals surface area contributed by atoms with Gasteiger partial charge in [0.1, 0.15) is 0 Å². The van der Waals surface area contributed by atoms with Crippen LogP contribution in [0.25, 0.3) is 22.3 Å². The van der Waals surface area contributed by atoms with Gasteiger partial charge in [-0.05, 0) is 58.4 Å². The van der Waals surface area contributed by atoms with Crippen LogP contribution in [0, 0.1) is 0 Å². The zero-order valence-corrected chi connectivity index (χ0v) is 34.8. The number of nitrogens with one attached hydrogen (secondary N) is 2. The van der Waals surface area contributed by atoms with Crippen molar-refractivity contribution in [2.75, 3.05) is 46.3 Å². The predicted molar refractivity (Wildman–Crippen MR) is 241 cm³/mol. The van der Waals surface area contributed by atoms with Crippen LogP contribution < -0.4 is 10.6 Å². The number of hydrogen-bond donors (Lipinski definition) is 2. The molecule has 8 heteroatoms. The van der Waals surface area contributed by atoms with Gasteiger partial charge in [-0.1, -0.05) is 169 Å². The molecule has 2 aliphatic heterocycles. The van der Waals surface area contributed by atoms with Crippen molar-refractivity contribution in [3.8, 4) is 22.3 Å². The monoisotopic (exact) mass is 809 g/mol. The number of urea groups is 1. The van der Waals surface area contributed by atoms with Crippen molar-refractivity contribution in [1.82, 2.24) is 25.3 Å². The summed E-state index contributed by atoms with van der Waals surface area (Å²) in [5.74, 6) is 0. The van der Waals surface area contributed by atoms with Crippen LogP contribution in [0.3, 0.4) is 0 Å². The number of piperazine rings is 2. The van der Waals surface area contributed by atoms with Crippen molar-refractivity contribution in [3.63, 3.8) is 0 Å². The first kappa shape index (κ1) is 41.2. The maximum Gasteiger partial charge on any atom is 0.317 e. The summed E-state index contributed by atoms with van der Waals surface area (Å²) in [5, 5.41) is 8.03. The summed E-state index contributed by atoms with van der Waals surface area (Å²) in [6.45, 7) is 7.55. The summed E-state index contributed by atoms with van der Waals surface area (Å²) < 4.78 is 0. The molecule has 6 aromatic rings. The number of carbonyl (C=O) groups is 1. The van der Waals surface area contributed by atoms with E-state index >= 15 is 0 Å². The number of carbonyl (C=O) groups excluding carboxylic acids is 1. The van der Waals surface area contributed by atoms with Gasteiger partial charge in [0.2, 0.25) is 0 Å². The largest absolute Gasteiger partial charge is 0.341 e. The third kappa shape index (κ3) is 11.4. The molecule has 2 atom stereocenters. The zero-order chi connectivity index (χ0) is 40.1. The summed E-state index contributed by atoms with van der Waals surface area (Å²) in [7, 11) is 1.70. The van der Waals surface area contributed by atoms with Crippen LogP contribution in [-0.4, -0.2) is 79.1 Å². The number of halogens is 2. The van der Waals surface area contributed by atoms with Crippen molar-refractivity contribution >= 4 is 29.2 Å². The van der Waals surface area contributed by atoms with Crippen LogP contribution in [0.5, 0.6) is 0 Å². The second-order valence-electron chi connectivity index (χ2n) is 15.3. The van der Waals surface area contributed by atoms with Crippen molar-refractivity contribution in [2.45, 2.75) is 38.0 Å². The number of hydrogen-bond acceptors (Lipinski definition) is 4. The van der Waals surface area contributed by atoms with E-state index in [2.05, 4.69) is 130 Å². The van der Waals surface area contributed by atoms with E-state index in [9.17, 15) is 4.79 Å². The lowest BCUT2D eigenvalue weighted by Gasteiger charge is -2.41. The Morgan fingerprint density at radius 3 is 1.57 bits per heavy atom. The number of amides is 2. The Hall–Kier alpha value is -4.95. The van der Waals surface area contributed by atoms with Crippen molar-refractivity contribution in [1.29, 1.82) is 0 Å². The minimum atomic E-state index is 0.00433. The molecular formula is C50H53Cl2N5O. The molecule has 0 radical (unpaired) electrons. The fourth-order valence-electron chi connectivity index (χ4n) is 8.09. The minimum Gasteiger partial charge on any atom is -0.341 e. The molecule has 0 aromatic heterocycles. The van der Waals surface area contributed by atoms with E-state index < -0.39 is 0 Å². The molecular weight excluding hydrogens is 757 g/mol. The molecule has 2 N–H and O–H groups in total. The Kier molecular flexibility index (Phi) is 14.7. The van der Waals surface area contributed by atoms with Gasteiger partial charge in [0.15, 0.2) is 0 Å². The van der Waals surface area contributed by atoms with Gasteiger partial charge in [0, 0.05) is 86.6 Å². The third-order valence-corrected chi connectivity index (χ3v) is 11.8. The molecule has 8 rings (SSSR count). The van der Waals surface area contributed by atoms with Crippen molar-refractivity contribution < 1.29 is 4.79 Å². The van der Waals surface area contributed by atoms with Gasteiger partial charge in [0.05, 0.1) is 6.04 Å². The van der Waals surface area contributed by atoms with E-state index in [0.29, 0.717) is 6.04 Å². The van der Waals surface area contributed by atoms with Crippen LogP contribution in [0.2, 0.25) is 10.0 Å². The fourth-order valence-corrected chi connectivity index (χ4v) is 8.58. The lowest BCUT2D eigenvalue weighted by atomic mass is 10.0. The molecule has 0 saturated carbocycles. The van der Waals surface area contributed by atoms with Crippen LogP contribution in [0.1, 0.15) is 22.3 Å². The van der Waals surface area contributed by atoms with Crippen LogP contribution >= 0.6 is 23.2 Å². The Balaban J connectivity index is 0.000000178. The SMILES string of the molecule is CNC(=O)N1CCN(Cc2ccc(-c3ccccc3Cl)cc2)C[C@H]1Cc1ccccc1.Clc1ccccc1-c1ccc(CN2CCN[C@H](Cc3ccccc3)C2)cc1. The van der Waals surface area contributed by atoms with Gasteiger partial charge in [-0.3, -0.25) is 9.80 Å². The Labute approximate surface area is 354 Å². The van der Waals surface area contributed by atoms with Gasteiger partial charge in [-0.2, -0.15) is 0 Å². The molecule has 2 amide bonds. The molecule has 2 fully saturated rings. The van der Waals surface area contributed by atoms with Crippen LogP contribution in [0.4, 0.5) is 4.79 Å². The fraction of sp³-hybridized carbons (Fsp3) is 0.260. The average molecular weight is 811 g/mol. The van der Waals surface area contributed by atoms with Crippen molar-refractivity contribution in [2.24, 2.45) is 0 Å². The van der Waals surface area contributed by atoms with E-state index in [1.165, 1.54) is 27.8 Å². The smallest absolute Gasteiger partial charge is 0.317 e. The number of rotatable bonds is 10. The summed E-state index contributed by atoms with van der Waals surface area (Å²) in [4.78, 5) is 19.4. The molecule has 2 aliphatic rings. The molecule has 0 unspecified atom stereocenters. The van der Waals surface area contributed by atoms with Crippen molar-refractivity contribution in [3.05, 3.63) is 190 Å². The van der Waals surface area contributed by atoms with E-state index in [1.807, 2.05) is 53.4 Å². The van der Waals surface area contributed by atoms with Gasteiger partial charge in [-0.25, -0.2) is 4.79 Å². The van der Waals surface area contributed by atoms with Crippen LogP contribution in [0.15, 0.2) is 158 Å². The second kappa shape index (κ2) is 20.6. The van der Waals surface area contributed by atoms with Gasteiger partial charge >= 0.3 is 6.03 Å². The van der Waals surface area contributed by atoms with E-state index in [4.69, 9.17) is 23.2 Å². The Morgan fingerprint density at radius 1 is 0.569 bits per heavy atom. The second-order valence-corrected chi connectivity index (χ2v) is 16.1. The summed E-state index contributed by atoms with van der Waals surface area (Å²) in [6.07, 6.45) is 1.94. The maximum atomic E-state index is 12.4. The normalized spacial score (nSPS) is 17.3. The topological polar surface area (TPSA) is 50.9 Å². The average Bonchev–Trinajstić information content (AvgIpc) is 3.26. The Morgan fingerprint density at radius 2 is 1.05 bits per heavy atom. The van der Waals surface area contributed by atoms with Gasteiger partial charge in [-0.15, -0.1) is 0 Å². The predicted octanol–water partition coefficient (Wildman–Crippen LogP) is 10.1. The molecule has 0 spiro atoms. The minimum absolute atomic E-state index is 0.00433. The molecule has 2 saturated heterocycles. The zero-order valence-electron chi connectivity index (χ0n) is 33.2. The highest BCUT2D eigenvalue weighted by atomic mass is 35.5. The summed E-state index contributed by atoms with van der Waals surface area (Å²) in [6, 6.07) is 55.2. The first-order valence-electron chi connectivity index (χ1n) is 20.3. The summed E-state index contributed by atoms with van der Waals surface area (Å²) in [5.41, 5.74) is 9.73. The highest BCUT2D eigenvalue weighted by Crippen LogP contribution is 2.29. The first-order valence-corrected chi connectivity index (χ1v) is 21.1. The Bertz CT molecular complexity index is 2180. The number of benzene rings is 6.